The van der Waals surface area contributed by atoms with Gasteiger partial charge >= 0.3 is 0 Å². The summed E-state index contributed by atoms with van der Waals surface area (Å²) in [5, 5.41) is 5.31. The monoisotopic (exact) mass is 680 g/mol. The largest absolute Gasteiger partial charge is 0.309 e. The molecule has 0 aliphatic carbocycles. The molecule has 244 valence electrons. The van der Waals surface area contributed by atoms with Crippen LogP contribution in [0.1, 0.15) is 5.56 Å². The molecule has 1 aliphatic rings. The first-order valence-corrected chi connectivity index (χ1v) is 18.9. The lowest BCUT2D eigenvalue weighted by Gasteiger charge is -2.22. The second-order valence-corrected chi connectivity index (χ2v) is 14.6. The Morgan fingerprint density at radius 1 is 0.346 bits per heavy atom. The number of hydrogen-bond acceptors (Lipinski definition) is 1. The van der Waals surface area contributed by atoms with Crippen LogP contribution in [0.3, 0.4) is 0 Å². The smallest absolute Gasteiger partial charge is 0.0552 e. The number of benzene rings is 8. The van der Waals surface area contributed by atoms with Gasteiger partial charge in [-0.05, 0) is 87.5 Å². The van der Waals surface area contributed by atoms with Crippen LogP contribution in [-0.4, -0.2) is 9.13 Å². The van der Waals surface area contributed by atoms with E-state index in [-0.39, 0.29) is 0 Å². The van der Waals surface area contributed by atoms with E-state index < -0.39 is 0 Å². The van der Waals surface area contributed by atoms with Gasteiger partial charge in [-0.15, -0.1) is 11.8 Å². The van der Waals surface area contributed by atoms with Crippen LogP contribution in [0.4, 0.5) is 0 Å². The van der Waals surface area contributed by atoms with Crippen molar-refractivity contribution in [2.45, 2.75) is 10.6 Å². The number of para-hydroxylation sites is 2. The van der Waals surface area contributed by atoms with Gasteiger partial charge in [-0.2, -0.15) is 0 Å². The van der Waals surface area contributed by atoms with E-state index in [1.54, 1.807) is 0 Å². The predicted octanol–water partition coefficient (Wildman–Crippen LogP) is 13.5. The molecule has 3 heteroatoms. The number of fused-ring (bicyclic) bond motifs is 11. The van der Waals surface area contributed by atoms with Crippen LogP contribution in [0, 0.1) is 0 Å². The number of hydrogen-bond donors (Lipinski definition) is 0. The first kappa shape index (κ1) is 29.4. The summed E-state index contributed by atoms with van der Waals surface area (Å²) in [4.78, 5) is 1.38. The lowest BCUT2D eigenvalue weighted by Crippen LogP contribution is -1.99. The summed E-state index contributed by atoms with van der Waals surface area (Å²) in [7, 11) is 0. The molecule has 3 heterocycles. The van der Waals surface area contributed by atoms with Crippen molar-refractivity contribution in [3.63, 3.8) is 0 Å². The lowest BCUT2D eigenvalue weighted by atomic mass is 9.94. The average Bonchev–Trinajstić information content (AvgIpc) is 3.75. The van der Waals surface area contributed by atoms with Crippen molar-refractivity contribution in [1.82, 2.24) is 9.13 Å². The molecular weight excluding hydrogens is 649 g/mol. The van der Waals surface area contributed by atoms with Crippen LogP contribution in [-0.2, 0) is 5.75 Å². The van der Waals surface area contributed by atoms with Crippen LogP contribution >= 0.6 is 11.8 Å². The van der Waals surface area contributed by atoms with E-state index in [1.165, 1.54) is 98.8 Å². The van der Waals surface area contributed by atoms with Crippen molar-refractivity contribution < 1.29 is 0 Å². The molecule has 11 rings (SSSR count). The van der Waals surface area contributed by atoms with E-state index in [1.807, 2.05) is 11.8 Å². The maximum Gasteiger partial charge on any atom is 0.0552 e. The van der Waals surface area contributed by atoms with Gasteiger partial charge in [0.15, 0.2) is 0 Å². The van der Waals surface area contributed by atoms with Crippen LogP contribution in [0.2, 0.25) is 0 Å². The van der Waals surface area contributed by atoms with E-state index >= 15 is 0 Å². The van der Waals surface area contributed by atoms with Crippen molar-refractivity contribution in [2.75, 3.05) is 0 Å². The molecule has 2 aromatic heterocycles. The third-order valence-corrected chi connectivity index (χ3v) is 12.0. The quantitative estimate of drug-likeness (QED) is 0.180. The molecule has 1 aliphatic heterocycles. The summed E-state index contributed by atoms with van der Waals surface area (Å²) in [6.45, 7) is 0. The molecule has 0 spiro atoms. The highest BCUT2D eigenvalue weighted by Crippen LogP contribution is 2.51. The Bertz CT molecular complexity index is 2760. The van der Waals surface area contributed by atoms with E-state index in [9.17, 15) is 0 Å². The maximum atomic E-state index is 2.44. The molecule has 0 atom stereocenters. The van der Waals surface area contributed by atoms with Gasteiger partial charge in [0, 0.05) is 43.6 Å². The summed E-state index contributed by atoms with van der Waals surface area (Å²) < 4.78 is 4.88. The second-order valence-electron chi connectivity index (χ2n) is 13.6. The Kier molecular flexibility index (Phi) is 6.58. The Morgan fingerprint density at radius 3 is 1.35 bits per heavy atom. The number of aromatic nitrogens is 2. The highest BCUT2D eigenvalue weighted by molar-refractivity contribution is 7.99. The zero-order valence-electron chi connectivity index (χ0n) is 28.3. The average molecular weight is 681 g/mol. The zero-order valence-corrected chi connectivity index (χ0v) is 29.1. The SMILES string of the molecule is c1ccc(-c2ccc(-n3c4ccccc4c4c5c(ccc43)-c3ccc4c(c3SC5)c3ccccc3n4-c3ccc(-c4ccccc4)cc3)cc2)cc1. The van der Waals surface area contributed by atoms with Gasteiger partial charge in [-0.3, -0.25) is 0 Å². The summed E-state index contributed by atoms with van der Waals surface area (Å²) >= 11 is 1.99. The van der Waals surface area contributed by atoms with E-state index in [0.29, 0.717) is 0 Å². The minimum absolute atomic E-state index is 0.922. The molecule has 0 radical (unpaired) electrons. The lowest BCUT2D eigenvalue weighted by molar-refractivity contribution is 1.18. The minimum atomic E-state index is 0.922. The van der Waals surface area contributed by atoms with Crippen molar-refractivity contribution in [3.05, 3.63) is 188 Å². The fourth-order valence-corrected chi connectivity index (χ4v) is 9.77. The molecule has 52 heavy (non-hydrogen) atoms. The first-order chi connectivity index (χ1) is 25.8. The Labute approximate surface area is 306 Å². The van der Waals surface area contributed by atoms with Gasteiger partial charge < -0.3 is 9.13 Å². The molecule has 0 saturated heterocycles. The fraction of sp³-hybridized carbons (Fsp3) is 0.0204. The van der Waals surface area contributed by atoms with Crippen LogP contribution < -0.4 is 0 Å². The molecule has 10 aromatic rings. The standard InChI is InChI=1S/C49H32N2S/c1-3-11-32(12-4-1)34-19-23-36(24-20-34)50-43-17-9-7-15-40(43)47-42-31-52-49-39(38(42)27-29-45(47)50)28-30-46-48(49)41-16-8-10-18-44(41)51(46)37-25-21-35(22-26-37)33-13-5-2-6-14-33/h1-30H,31H2. The zero-order chi connectivity index (χ0) is 34.2. The topological polar surface area (TPSA) is 9.86 Å². The third kappa shape index (κ3) is 4.39. The van der Waals surface area contributed by atoms with E-state index in [2.05, 4.69) is 191 Å². The fourth-order valence-electron chi connectivity index (χ4n) is 8.49. The molecule has 2 nitrogen and oxygen atoms in total. The van der Waals surface area contributed by atoms with Crippen LogP contribution in [0.25, 0.3) is 88.4 Å². The Hall–Kier alpha value is -6.29. The second kappa shape index (κ2) is 11.6. The molecule has 0 N–H and O–H groups in total. The van der Waals surface area contributed by atoms with Crippen LogP contribution in [0.5, 0.6) is 0 Å². The highest BCUT2D eigenvalue weighted by Gasteiger charge is 2.26. The van der Waals surface area contributed by atoms with Gasteiger partial charge in [0.25, 0.3) is 0 Å². The minimum Gasteiger partial charge on any atom is -0.309 e. The highest BCUT2D eigenvalue weighted by atomic mass is 32.2. The number of nitrogens with zero attached hydrogens (tertiary/aromatic N) is 2. The Morgan fingerprint density at radius 2 is 0.788 bits per heavy atom. The summed E-state index contributed by atoms with van der Waals surface area (Å²) in [6, 6.07) is 66.5. The van der Waals surface area contributed by atoms with E-state index in [4.69, 9.17) is 0 Å². The van der Waals surface area contributed by atoms with Crippen LogP contribution in [0.15, 0.2) is 187 Å². The van der Waals surface area contributed by atoms with Gasteiger partial charge in [0.05, 0.1) is 22.1 Å². The van der Waals surface area contributed by atoms with Crippen molar-refractivity contribution in [1.29, 1.82) is 0 Å². The summed E-state index contributed by atoms with van der Waals surface area (Å²) in [5.74, 6) is 0.922. The molecule has 0 amide bonds. The summed E-state index contributed by atoms with van der Waals surface area (Å²) in [5.41, 5.74) is 16.4. The molecular formula is C49H32N2S. The van der Waals surface area contributed by atoms with Gasteiger partial charge in [0.2, 0.25) is 0 Å². The number of rotatable bonds is 4. The Balaban J connectivity index is 1.08. The van der Waals surface area contributed by atoms with Crippen molar-refractivity contribution in [3.8, 4) is 44.8 Å². The summed E-state index contributed by atoms with van der Waals surface area (Å²) in [6.07, 6.45) is 0. The number of thioether (sulfide) groups is 1. The third-order valence-electron chi connectivity index (χ3n) is 10.9. The first-order valence-electron chi connectivity index (χ1n) is 17.9. The van der Waals surface area contributed by atoms with Crippen molar-refractivity contribution >= 4 is 55.4 Å². The molecule has 0 fully saturated rings. The van der Waals surface area contributed by atoms with E-state index in [0.717, 1.165) is 5.75 Å². The predicted molar refractivity (Wildman–Crippen MR) is 221 cm³/mol. The van der Waals surface area contributed by atoms with Gasteiger partial charge in [-0.1, -0.05) is 133 Å². The molecule has 0 saturated carbocycles. The normalized spacial score (nSPS) is 12.5. The van der Waals surface area contributed by atoms with Gasteiger partial charge in [0.1, 0.15) is 0 Å². The van der Waals surface area contributed by atoms with Crippen molar-refractivity contribution in [2.24, 2.45) is 0 Å². The molecule has 8 aromatic carbocycles. The maximum absolute atomic E-state index is 2.44. The molecule has 0 bridgehead atoms. The van der Waals surface area contributed by atoms with Gasteiger partial charge in [-0.25, -0.2) is 0 Å². The molecule has 0 unspecified atom stereocenters.